The molecule has 1 radical (unpaired) electrons. The van der Waals surface area contributed by atoms with E-state index in [1.807, 2.05) is 6.08 Å². The molecule has 3 aromatic heterocycles. The zero-order chi connectivity index (χ0) is 19.4. The van der Waals surface area contributed by atoms with E-state index in [9.17, 15) is 0 Å². The molecule has 5 rings (SSSR count). The van der Waals surface area contributed by atoms with Crippen molar-refractivity contribution in [3.63, 3.8) is 0 Å². The Balaban J connectivity index is 0.00000205. The van der Waals surface area contributed by atoms with Crippen LogP contribution in [0.4, 0.5) is 0 Å². The molecule has 0 saturated heterocycles. The molecule has 3 aromatic rings. The molecule has 4 nitrogen and oxygen atoms in total. The molecule has 0 atom stereocenters. The monoisotopic (exact) mass is 425 g/mol. The molecule has 2 N–H and O–H groups in total. The number of nitrogens with one attached hydrogen (secondary N) is 2. The average Bonchev–Trinajstić information content (AvgIpc) is 3.42. The number of aromatic amines is 2. The molecule has 0 aromatic carbocycles. The predicted octanol–water partition coefficient (Wildman–Crippen LogP) is 5.97. The van der Waals surface area contributed by atoms with Gasteiger partial charge in [0.25, 0.3) is 0 Å². The summed E-state index contributed by atoms with van der Waals surface area (Å²) in [6, 6.07) is 10.4. The van der Waals surface area contributed by atoms with Crippen LogP contribution in [-0.4, -0.2) is 19.9 Å². The third-order valence-electron chi connectivity index (χ3n) is 5.62. The second-order valence-corrected chi connectivity index (χ2v) is 7.60. The van der Waals surface area contributed by atoms with E-state index in [1.165, 1.54) is 22.3 Å². The molecule has 2 aliphatic heterocycles. The molecule has 5 heterocycles. The number of H-pyrrole nitrogens is 2. The first-order valence-electron chi connectivity index (χ1n) is 9.53. The zero-order valence-electron chi connectivity index (χ0n) is 16.8. The van der Waals surface area contributed by atoms with Crippen molar-refractivity contribution in [1.82, 2.24) is 19.9 Å². The van der Waals surface area contributed by atoms with E-state index in [1.54, 1.807) is 0 Å². The van der Waals surface area contributed by atoms with Crippen molar-refractivity contribution in [3.8, 4) is 0 Å². The van der Waals surface area contributed by atoms with Gasteiger partial charge in [0.2, 0.25) is 0 Å². The van der Waals surface area contributed by atoms with Crippen molar-refractivity contribution in [1.29, 1.82) is 0 Å². The Morgan fingerprint density at radius 1 is 0.690 bits per heavy atom. The number of allylic oxidation sites excluding steroid dienone is 1. The van der Waals surface area contributed by atoms with Crippen molar-refractivity contribution >= 4 is 45.9 Å². The molecule has 0 saturated carbocycles. The summed E-state index contributed by atoms with van der Waals surface area (Å²) < 4.78 is 0. The fourth-order valence-corrected chi connectivity index (χ4v) is 3.96. The molecule has 0 aliphatic carbocycles. The van der Waals surface area contributed by atoms with Crippen LogP contribution in [-0.2, 0) is 16.8 Å². The predicted molar refractivity (Wildman–Crippen MR) is 118 cm³/mol. The summed E-state index contributed by atoms with van der Waals surface area (Å²) in [6.07, 6.45) is 6.25. The topological polar surface area (TPSA) is 57.4 Å². The first kappa shape index (κ1) is 19.4. The number of aromatic nitrogens is 4. The van der Waals surface area contributed by atoms with Crippen LogP contribution in [0.1, 0.15) is 46.4 Å². The van der Waals surface area contributed by atoms with E-state index in [-0.39, 0.29) is 16.8 Å². The van der Waals surface area contributed by atoms with E-state index < -0.39 is 0 Å². The molecule has 0 spiro atoms. The van der Waals surface area contributed by atoms with Crippen molar-refractivity contribution in [3.05, 3.63) is 69.8 Å². The molecule has 2 aliphatic rings. The van der Waals surface area contributed by atoms with Gasteiger partial charge < -0.3 is 9.97 Å². The van der Waals surface area contributed by atoms with Crippen LogP contribution >= 0.6 is 0 Å². The third-order valence-corrected chi connectivity index (χ3v) is 5.62. The minimum absolute atomic E-state index is 0. The van der Waals surface area contributed by atoms with Crippen molar-refractivity contribution in [2.45, 2.75) is 27.7 Å². The van der Waals surface area contributed by atoms with Gasteiger partial charge >= 0.3 is 0 Å². The quantitative estimate of drug-likeness (QED) is 0.365. The summed E-state index contributed by atoms with van der Waals surface area (Å²) in [5, 5.41) is 0. The van der Waals surface area contributed by atoms with Gasteiger partial charge in [-0.25, -0.2) is 9.97 Å². The van der Waals surface area contributed by atoms with Gasteiger partial charge in [0, 0.05) is 38.8 Å². The van der Waals surface area contributed by atoms with Crippen LogP contribution < -0.4 is 0 Å². The zero-order valence-corrected chi connectivity index (χ0v) is 17.9. The molecule has 5 heteroatoms. The average molecular weight is 425 g/mol. The Bertz CT molecular complexity index is 1350. The van der Waals surface area contributed by atoms with E-state index >= 15 is 0 Å². The van der Waals surface area contributed by atoms with Crippen LogP contribution in [0.2, 0.25) is 0 Å². The van der Waals surface area contributed by atoms with Crippen molar-refractivity contribution in [2.75, 3.05) is 0 Å². The molecule has 29 heavy (non-hydrogen) atoms. The summed E-state index contributed by atoms with van der Waals surface area (Å²) in [6.45, 7) is 8.59. The number of hydrogen-bond acceptors (Lipinski definition) is 2. The van der Waals surface area contributed by atoms with Crippen LogP contribution in [0.15, 0.2) is 30.3 Å². The van der Waals surface area contributed by atoms with E-state index in [0.717, 1.165) is 44.8 Å². The molecule has 0 fully saturated rings. The number of hydrogen-bond donors (Lipinski definition) is 2. The first-order chi connectivity index (χ1) is 13.5. The van der Waals surface area contributed by atoms with Gasteiger partial charge in [-0.2, -0.15) is 0 Å². The molecular weight excluding hydrogens is 403 g/mol. The second-order valence-electron chi connectivity index (χ2n) is 7.60. The minimum atomic E-state index is 0. The maximum Gasteiger partial charge on any atom is 0.0716 e. The van der Waals surface area contributed by atoms with Gasteiger partial charge in [0.15, 0.2) is 0 Å². The summed E-state index contributed by atoms with van der Waals surface area (Å²) in [7, 11) is 0. The van der Waals surface area contributed by atoms with Gasteiger partial charge in [-0.05, 0) is 98.5 Å². The summed E-state index contributed by atoms with van der Waals surface area (Å²) in [5.41, 5.74) is 13.1. The second kappa shape index (κ2) is 7.17. The summed E-state index contributed by atoms with van der Waals surface area (Å²) >= 11 is 0. The molecular formula is C24H22CoN4. The number of rotatable bonds is 0. The maximum absolute atomic E-state index is 4.90. The number of nitrogens with zero attached hydrogens (tertiary/aromatic N) is 2. The standard InChI is InChI=1S/C24H22N4.Co/c1-13-9-21-11-19-6-5-17(25-19)10-18-7-8-20(26-18)12-22-14(2)15(3)24(28-22)16(4)23(13)27-21;/h5-12,25,28H,1-4H3;. The minimum Gasteiger partial charge on any atom is -0.355 e. The van der Waals surface area contributed by atoms with E-state index in [0.29, 0.717) is 0 Å². The van der Waals surface area contributed by atoms with Crippen LogP contribution in [0.25, 0.3) is 45.9 Å². The largest absolute Gasteiger partial charge is 0.355 e. The Morgan fingerprint density at radius 3 is 2.07 bits per heavy atom. The first-order valence-corrected chi connectivity index (χ1v) is 9.53. The molecule has 0 unspecified atom stereocenters. The Hall–Kier alpha value is -2.89. The molecule has 147 valence electrons. The normalized spacial score (nSPS) is 12.6. The SMILES string of the molecule is CC1=Cc2cc3ccc(cc4nc(cc5[nH]c(c(C)c1n2)c(C)c5C)C=C4)[nH]3.[Co]. The maximum atomic E-state index is 4.90. The number of aryl methyl sites for hydroxylation is 3. The van der Waals surface area contributed by atoms with Gasteiger partial charge in [-0.15, -0.1) is 0 Å². The van der Waals surface area contributed by atoms with Crippen molar-refractivity contribution in [2.24, 2.45) is 0 Å². The van der Waals surface area contributed by atoms with E-state index in [2.05, 4.69) is 80.1 Å². The smallest absolute Gasteiger partial charge is 0.0716 e. The summed E-state index contributed by atoms with van der Waals surface area (Å²) in [4.78, 5) is 16.7. The van der Waals surface area contributed by atoms with Crippen LogP contribution in [0, 0.1) is 20.8 Å². The van der Waals surface area contributed by atoms with Crippen molar-refractivity contribution < 1.29 is 16.8 Å². The third kappa shape index (κ3) is 3.37. The summed E-state index contributed by atoms with van der Waals surface area (Å²) in [5.74, 6) is 0. The molecule has 8 bridgehead atoms. The van der Waals surface area contributed by atoms with E-state index in [4.69, 9.17) is 9.97 Å². The fraction of sp³-hybridized carbons (Fsp3) is 0.167. The van der Waals surface area contributed by atoms with Gasteiger partial charge in [0.1, 0.15) is 0 Å². The van der Waals surface area contributed by atoms with Gasteiger partial charge in [-0.3, -0.25) is 0 Å². The molecule has 0 amide bonds. The Kier molecular flexibility index (Phi) is 4.80. The Morgan fingerprint density at radius 2 is 1.34 bits per heavy atom. The van der Waals surface area contributed by atoms with Crippen LogP contribution in [0.3, 0.4) is 0 Å². The van der Waals surface area contributed by atoms with Gasteiger partial charge in [-0.1, -0.05) is 0 Å². The number of fused-ring (bicyclic) bond motifs is 8. The Labute approximate surface area is 180 Å². The fourth-order valence-electron chi connectivity index (χ4n) is 3.96. The van der Waals surface area contributed by atoms with Gasteiger partial charge in [0.05, 0.1) is 22.8 Å². The van der Waals surface area contributed by atoms with Crippen LogP contribution in [0.5, 0.6) is 0 Å².